The minimum atomic E-state index is -0.215. The molecule has 4 heterocycles. The second kappa shape index (κ2) is 7.85. The normalized spacial score (nSPS) is 21.5. The Balaban J connectivity index is 1.24. The number of anilines is 2. The van der Waals surface area contributed by atoms with Crippen LogP contribution in [0.25, 0.3) is 16.7 Å². The SMILES string of the molecule is Cc1ncn(-c2ccc(C(=O)N[C@@H]3[C@H]4CC[C@@H]3N(c3ncc(Cl)c5c(N)noc35)C4)c(Cl)c2)n1. The predicted octanol–water partition coefficient (Wildman–Crippen LogP) is 3.40. The number of piperidine rings is 1. The summed E-state index contributed by atoms with van der Waals surface area (Å²) in [4.78, 5) is 24.0. The molecule has 174 valence electrons. The maximum Gasteiger partial charge on any atom is 0.253 e. The number of nitrogens with one attached hydrogen (secondary N) is 1. The van der Waals surface area contributed by atoms with Crippen LogP contribution in [-0.2, 0) is 0 Å². The van der Waals surface area contributed by atoms with Crippen molar-refractivity contribution in [1.29, 1.82) is 0 Å². The van der Waals surface area contributed by atoms with Crippen LogP contribution in [-0.4, -0.2) is 49.4 Å². The van der Waals surface area contributed by atoms with Gasteiger partial charge in [0.2, 0.25) is 5.58 Å². The fourth-order valence-electron chi connectivity index (χ4n) is 5.12. The number of aryl methyl sites for hydroxylation is 1. The van der Waals surface area contributed by atoms with Gasteiger partial charge in [-0.1, -0.05) is 28.4 Å². The number of nitrogen functional groups attached to an aromatic ring is 1. The number of amides is 1. The number of fused-ring (bicyclic) bond motifs is 3. The molecule has 6 rings (SSSR count). The highest BCUT2D eigenvalue weighted by Crippen LogP contribution is 2.43. The van der Waals surface area contributed by atoms with Crippen molar-refractivity contribution in [2.24, 2.45) is 5.92 Å². The highest BCUT2D eigenvalue weighted by molar-refractivity contribution is 6.36. The summed E-state index contributed by atoms with van der Waals surface area (Å²) in [5, 5.41) is 12.6. The Morgan fingerprint density at radius 1 is 1.24 bits per heavy atom. The molecule has 1 saturated carbocycles. The number of hydrogen-bond acceptors (Lipinski definition) is 8. The average Bonchev–Trinajstić information content (AvgIpc) is 3.59. The summed E-state index contributed by atoms with van der Waals surface area (Å²) < 4.78 is 7.07. The van der Waals surface area contributed by atoms with E-state index < -0.39 is 0 Å². The van der Waals surface area contributed by atoms with E-state index in [1.807, 2.05) is 0 Å². The van der Waals surface area contributed by atoms with Crippen LogP contribution in [0.15, 0.2) is 35.2 Å². The molecule has 1 aliphatic heterocycles. The van der Waals surface area contributed by atoms with E-state index in [-0.39, 0.29) is 29.7 Å². The number of nitrogens with zero attached hydrogens (tertiary/aromatic N) is 6. The van der Waals surface area contributed by atoms with Crippen molar-refractivity contribution in [2.75, 3.05) is 17.2 Å². The third kappa shape index (κ3) is 3.28. The van der Waals surface area contributed by atoms with Crippen molar-refractivity contribution >= 4 is 51.7 Å². The van der Waals surface area contributed by atoms with E-state index >= 15 is 0 Å². The minimum Gasteiger partial charge on any atom is -0.380 e. The third-order valence-corrected chi connectivity index (χ3v) is 7.29. The van der Waals surface area contributed by atoms with Gasteiger partial charge in [0, 0.05) is 12.7 Å². The Morgan fingerprint density at radius 3 is 2.85 bits per heavy atom. The van der Waals surface area contributed by atoms with E-state index in [1.165, 1.54) is 0 Å². The van der Waals surface area contributed by atoms with Crippen LogP contribution in [0, 0.1) is 12.8 Å². The number of rotatable bonds is 4. The first-order valence-corrected chi connectivity index (χ1v) is 11.6. The fourth-order valence-corrected chi connectivity index (χ4v) is 5.61. The van der Waals surface area contributed by atoms with Gasteiger partial charge in [0.15, 0.2) is 11.6 Å². The number of carbonyl (C=O) groups is 1. The number of aromatic nitrogens is 5. The van der Waals surface area contributed by atoms with Crippen molar-refractivity contribution in [3.8, 4) is 5.69 Å². The lowest BCUT2D eigenvalue weighted by atomic mass is 10.1. The quantitative estimate of drug-likeness (QED) is 0.437. The van der Waals surface area contributed by atoms with Gasteiger partial charge < -0.3 is 20.5 Å². The predicted molar refractivity (Wildman–Crippen MR) is 127 cm³/mol. The summed E-state index contributed by atoms with van der Waals surface area (Å²) in [6.07, 6.45) is 5.10. The molecule has 3 N–H and O–H groups in total. The van der Waals surface area contributed by atoms with Crippen LogP contribution in [0.5, 0.6) is 0 Å². The summed E-state index contributed by atoms with van der Waals surface area (Å²) in [5.41, 5.74) is 7.54. The molecule has 0 unspecified atom stereocenters. The minimum absolute atomic E-state index is 0.0472. The summed E-state index contributed by atoms with van der Waals surface area (Å²) in [7, 11) is 0. The Hall–Kier alpha value is -3.37. The molecule has 2 fully saturated rings. The Morgan fingerprint density at radius 2 is 2.09 bits per heavy atom. The van der Waals surface area contributed by atoms with E-state index in [2.05, 4.69) is 30.4 Å². The molecule has 34 heavy (non-hydrogen) atoms. The van der Waals surface area contributed by atoms with Gasteiger partial charge in [0.25, 0.3) is 5.91 Å². The summed E-state index contributed by atoms with van der Waals surface area (Å²) in [6, 6.07) is 5.23. The van der Waals surface area contributed by atoms with Crippen LogP contribution >= 0.6 is 23.2 Å². The van der Waals surface area contributed by atoms with Gasteiger partial charge in [-0.25, -0.2) is 14.6 Å². The molecular formula is C22H20Cl2N8O2. The lowest BCUT2D eigenvalue weighted by Gasteiger charge is -2.28. The van der Waals surface area contributed by atoms with Gasteiger partial charge in [0.05, 0.1) is 38.8 Å². The number of pyridine rings is 1. The van der Waals surface area contributed by atoms with Crippen molar-refractivity contribution in [2.45, 2.75) is 31.8 Å². The molecule has 1 aromatic carbocycles. The average molecular weight is 499 g/mol. The monoisotopic (exact) mass is 498 g/mol. The lowest BCUT2D eigenvalue weighted by molar-refractivity contribution is 0.0932. The maximum atomic E-state index is 13.2. The zero-order valence-corrected chi connectivity index (χ0v) is 19.6. The Labute approximate surface area is 204 Å². The van der Waals surface area contributed by atoms with Crippen LogP contribution in [0.4, 0.5) is 11.6 Å². The smallest absolute Gasteiger partial charge is 0.253 e. The highest BCUT2D eigenvalue weighted by Gasteiger charge is 2.49. The molecule has 0 radical (unpaired) electrons. The van der Waals surface area contributed by atoms with Crippen molar-refractivity contribution in [1.82, 2.24) is 30.2 Å². The molecule has 2 bridgehead atoms. The van der Waals surface area contributed by atoms with E-state index in [0.29, 0.717) is 38.2 Å². The maximum absolute atomic E-state index is 13.2. The molecule has 1 saturated heterocycles. The third-order valence-electron chi connectivity index (χ3n) is 6.69. The van der Waals surface area contributed by atoms with E-state index in [1.54, 1.807) is 42.3 Å². The van der Waals surface area contributed by atoms with Gasteiger partial charge in [-0.05, 0) is 43.9 Å². The molecular weight excluding hydrogens is 479 g/mol. The molecule has 1 aliphatic carbocycles. The molecule has 1 amide bonds. The molecule has 12 heteroatoms. The molecule has 0 spiro atoms. The summed E-state index contributed by atoms with van der Waals surface area (Å²) in [6.45, 7) is 2.54. The number of benzene rings is 1. The molecule has 4 aromatic rings. The number of carbonyl (C=O) groups excluding carboxylic acids is 1. The topological polar surface area (TPSA) is 128 Å². The largest absolute Gasteiger partial charge is 0.380 e. The Bertz CT molecular complexity index is 1430. The standard InChI is InChI=1S/C22H20Cl2N8O2/c1-10-27-9-32(29-10)12-3-4-13(14(23)6-12)22(33)28-18-11-2-5-16(18)31(8-11)21-19-17(15(24)7-26-21)20(25)30-34-19/h3-4,6-7,9,11,16,18H,2,5,8H2,1H3,(H2,25,30)(H,28,33)/t11-,16-,18+/m0/s1. The van der Waals surface area contributed by atoms with Gasteiger partial charge in [-0.3, -0.25) is 4.79 Å². The molecule has 2 aliphatic rings. The fraction of sp³-hybridized carbons (Fsp3) is 0.318. The van der Waals surface area contributed by atoms with Crippen LogP contribution in [0.2, 0.25) is 10.0 Å². The van der Waals surface area contributed by atoms with Gasteiger partial charge in [0.1, 0.15) is 12.2 Å². The first kappa shape index (κ1) is 21.2. The van der Waals surface area contributed by atoms with Crippen molar-refractivity contribution in [3.05, 3.63) is 52.2 Å². The molecule has 3 atom stereocenters. The number of halogens is 2. The summed E-state index contributed by atoms with van der Waals surface area (Å²) in [5.74, 6) is 1.59. The second-order valence-corrected chi connectivity index (χ2v) is 9.47. The summed E-state index contributed by atoms with van der Waals surface area (Å²) >= 11 is 12.7. The Kier molecular flexibility index (Phi) is 4.89. The molecule has 10 nitrogen and oxygen atoms in total. The first-order chi connectivity index (χ1) is 16.4. The highest BCUT2D eigenvalue weighted by atomic mass is 35.5. The molecule has 3 aromatic heterocycles. The van der Waals surface area contributed by atoms with Gasteiger partial charge >= 0.3 is 0 Å². The van der Waals surface area contributed by atoms with Gasteiger partial charge in [-0.2, -0.15) is 5.10 Å². The van der Waals surface area contributed by atoms with Gasteiger partial charge in [-0.15, -0.1) is 0 Å². The van der Waals surface area contributed by atoms with E-state index in [4.69, 9.17) is 33.5 Å². The van der Waals surface area contributed by atoms with Crippen LogP contribution < -0.4 is 16.0 Å². The lowest BCUT2D eigenvalue weighted by Crippen LogP contribution is -2.44. The van der Waals surface area contributed by atoms with Crippen molar-refractivity contribution in [3.63, 3.8) is 0 Å². The number of hydrogen-bond donors (Lipinski definition) is 2. The van der Waals surface area contributed by atoms with Crippen LogP contribution in [0.3, 0.4) is 0 Å². The van der Waals surface area contributed by atoms with E-state index in [9.17, 15) is 4.79 Å². The van der Waals surface area contributed by atoms with Crippen LogP contribution in [0.1, 0.15) is 29.0 Å². The second-order valence-electron chi connectivity index (χ2n) is 8.66. The van der Waals surface area contributed by atoms with E-state index in [0.717, 1.165) is 25.1 Å². The van der Waals surface area contributed by atoms with Crippen molar-refractivity contribution < 1.29 is 9.32 Å². The zero-order valence-electron chi connectivity index (χ0n) is 18.1. The first-order valence-electron chi connectivity index (χ1n) is 10.9. The number of nitrogens with two attached hydrogens (primary N) is 1. The zero-order chi connectivity index (χ0) is 23.6.